The van der Waals surface area contributed by atoms with E-state index in [9.17, 15) is 14.0 Å². The maximum absolute atomic E-state index is 12.7. The van der Waals surface area contributed by atoms with E-state index in [0.29, 0.717) is 0 Å². The fraction of sp³-hybridized carbons (Fsp3) is 0.143. The van der Waals surface area contributed by atoms with Gasteiger partial charge in [-0.1, -0.05) is 18.2 Å². The van der Waals surface area contributed by atoms with Crippen LogP contribution in [-0.4, -0.2) is 10.4 Å². The van der Waals surface area contributed by atoms with Gasteiger partial charge in [0.25, 0.3) is 5.56 Å². The van der Waals surface area contributed by atoms with E-state index in [1.165, 1.54) is 22.8 Å². The van der Waals surface area contributed by atoms with E-state index < -0.39 is 0 Å². The minimum absolute atomic E-state index is 0.0387. The number of carbonyl (C=O) groups is 1. The molecular formula is C14H12FNO2. The van der Waals surface area contributed by atoms with Gasteiger partial charge in [-0.3, -0.25) is 9.59 Å². The first-order valence-corrected chi connectivity index (χ1v) is 5.57. The Hall–Kier alpha value is -2.23. The summed E-state index contributed by atoms with van der Waals surface area (Å²) in [6, 6.07) is 10.5. The van der Waals surface area contributed by atoms with Gasteiger partial charge in [0.1, 0.15) is 5.82 Å². The van der Waals surface area contributed by atoms with Crippen molar-refractivity contribution in [3.63, 3.8) is 0 Å². The van der Waals surface area contributed by atoms with Gasteiger partial charge in [0.15, 0.2) is 5.78 Å². The monoisotopic (exact) mass is 245 g/mol. The van der Waals surface area contributed by atoms with Crippen molar-refractivity contribution < 1.29 is 9.18 Å². The third-order valence-electron chi connectivity index (χ3n) is 2.56. The van der Waals surface area contributed by atoms with E-state index in [-0.39, 0.29) is 30.1 Å². The van der Waals surface area contributed by atoms with Crippen LogP contribution in [0, 0.1) is 5.82 Å². The molecule has 92 valence electrons. The van der Waals surface area contributed by atoms with Gasteiger partial charge in [0.05, 0.1) is 6.54 Å². The summed E-state index contributed by atoms with van der Waals surface area (Å²) in [7, 11) is 0. The summed E-state index contributed by atoms with van der Waals surface area (Å²) < 4.78 is 14.0. The number of benzene rings is 1. The highest BCUT2D eigenvalue weighted by Crippen LogP contribution is 2.04. The summed E-state index contributed by atoms with van der Waals surface area (Å²) in [5, 5.41) is 0. The maximum atomic E-state index is 12.7. The molecule has 0 bridgehead atoms. The molecule has 2 aromatic rings. The molecule has 18 heavy (non-hydrogen) atoms. The zero-order valence-electron chi connectivity index (χ0n) is 9.67. The molecule has 0 aliphatic carbocycles. The Morgan fingerprint density at radius 2 is 1.83 bits per heavy atom. The Morgan fingerprint density at radius 3 is 2.50 bits per heavy atom. The number of carbonyl (C=O) groups excluding carboxylic acids is 1. The van der Waals surface area contributed by atoms with Crippen molar-refractivity contribution in [2.24, 2.45) is 0 Å². The highest BCUT2D eigenvalue weighted by atomic mass is 19.1. The summed E-state index contributed by atoms with van der Waals surface area (Å²) in [5.41, 5.74) is 0.537. The molecule has 0 amide bonds. The number of hydrogen-bond acceptors (Lipinski definition) is 2. The largest absolute Gasteiger partial charge is 0.308 e. The van der Waals surface area contributed by atoms with Crippen molar-refractivity contribution in [1.82, 2.24) is 4.57 Å². The summed E-state index contributed by atoms with van der Waals surface area (Å²) in [6.07, 6.45) is 1.77. The van der Waals surface area contributed by atoms with Crippen molar-refractivity contribution in [1.29, 1.82) is 0 Å². The molecule has 0 spiro atoms. The fourth-order valence-electron chi connectivity index (χ4n) is 1.67. The predicted octanol–water partition coefficient (Wildman–Crippen LogP) is 1.80. The zero-order valence-corrected chi connectivity index (χ0v) is 9.67. The molecule has 0 fully saturated rings. The molecule has 1 aromatic heterocycles. The van der Waals surface area contributed by atoms with Gasteiger partial charge in [-0.15, -0.1) is 0 Å². The molecule has 3 nitrogen and oxygen atoms in total. The highest BCUT2D eigenvalue weighted by Gasteiger charge is 2.05. The molecule has 4 heteroatoms. The normalized spacial score (nSPS) is 10.3. The van der Waals surface area contributed by atoms with Crippen LogP contribution in [0.3, 0.4) is 0 Å². The standard InChI is InChI=1S/C14H12FNO2/c15-12-6-4-11(5-7-12)9-13(17)10-16-8-2-1-3-14(16)18/h1-8H,9-10H2. The first kappa shape index (κ1) is 12.2. The van der Waals surface area contributed by atoms with E-state index in [1.54, 1.807) is 30.5 Å². The molecule has 0 aliphatic heterocycles. The summed E-state index contributed by atoms with van der Waals surface area (Å²) in [4.78, 5) is 23.2. The van der Waals surface area contributed by atoms with E-state index in [2.05, 4.69) is 0 Å². The lowest BCUT2D eigenvalue weighted by molar-refractivity contribution is -0.119. The molecule has 1 heterocycles. The zero-order chi connectivity index (χ0) is 13.0. The SMILES string of the molecule is O=C(Cc1ccc(F)cc1)Cn1ccccc1=O. The number of nitrogens with zero attached hydrogens (tertiary/aromatic N) is 1. The summed E-state index contributed by atoms with van der Waals surface area (Å²) in [6.45, 7) is 0.0387. The van der Waals surface area contributed by atoms with Gasteiger partial charge in [0.2, 0.25) is 0 Å². The van der Waals surface area contributed by atoms with Crippen LogP contribution in [0.2, 0.25) is 0 Å². The molecule has 0 atom stereocenters. The molecule has 2 rings (SSSR count). The molecule has 0 saturated carbocycles. The Labute approximate surface area is 104 Å². The average molecular weight is 245 g/mol. The van der Waals surface area contributed by atoms with Crippen molar-refractivity contribution >= 4 is 5.78 Å². The number of hydrogen-bond donors (Lipinski definition) is 0. The van der Waals surface area contributed by atoms with E-state index in [0.717, 1.165) is 5.56 Å². The van der Waals surface area contributed by atoms with Crippen LogP contribution < -0.4 is 5.56 Å². The van der Waals surface area contributed by atoms with Gasteiger partial charge >= 0.3 is 0 Å². The molecule has 0 unspecified atom stereocenters. The average Bonchev–Trinajstić information content (AvgIpc) is 2.35. The highest BCUT2D eigenvalue weighted by molar-refractivity contribution is 5.80. The predicted molar refractivity (Wildman–Crippen MR) is 65.8 cm³/mol. The molecule has 0 radical (unpaired) electrons. The van der Waals surface area contributed by atoms with Crippen LogP contribution in [-0.2, 0) is 17.8 Å². The first-order chi connectivity index (χ1) is 8.65. The topological polar surface area (TPSA) is 39.1 Å². The van der Waals surface area contributed by atoms with Gasteiger partial charge in [-0.25, -0.2) is 4.39 Å². The Morgan fingerprint density at radius 1 is 1.11 bits per heavy atom. The molecule has 1 aromatic carbocycles. The Balaban J connectivity index is 2.03. The van der Waals surface area contributed by atoms with E-state index in [4.69, 9.17) is 0 Å². The summed E-state index contributed by atoms with van der Waals surface area (Å²) >= 11 is 0. The van der Waals surface area contributed by atoms with E-state index >= 15 is 0 Å². The first-order valence-electron chi connectivity index (χ1n) is 5.57. The van der Waals surface area contributed by atoms with Crippen LogP contribution in [0.15, 0.2) is 53.5 Å². The van der Waals surface area contributed by atoms with Crippen LogP contribution in [0.4, 0.5) is 4.39 Å². The van der Waals surface area contributed by atoms with Crippen LogP contribution in [0.5, 0.6) is 0 Å². The minimum Gasteiger partial charge on any atom is -0.308 e. The van der Waals surface area contributed by atoms with Gasteiger partial charge in [0, 0.05) is 18.7 Å². The third-order valence-corrected chi connectivity index (χ3v) is 2.56. The number of aromatic nitrogens is 1. The second kappa shape index (κ2) is 5.40. The quantitative estimate of drug-likeness (QED) is 0.824. The Kier molecular flexibility index (Phi) is 3.67. The van der Waals surface area contributed by atoms with Crippen molar-refractivity contribution in [3.05, 3.63) is 70.4 Å². The van der Waals surface area contributed by atoms with Crippen LogP contribution in [0.1, 0.15) is 5.56 Å². The number of rotatable bonds is 4. The van der Waals surface area contributed by atoms with Crippen molar-refractivity contribution in [2.45, 2.75) is 13.0 Å². The minimum atomic E-state index is -0.328. The molecular weight excluding hydrogens is 233 g/mol. The van der Waals surface area contributed by atoms with E-state index in [1.807, 2.05) is 0 Å². The lowest BCUT2D eigenvalue weighted by atomic mass is 10.1. The van der Waals surface area contributed by atoms with Gasteiger partial charge in [-0.2, -0.15) is 0 Å². The number of ketones is 1. The Bertz CT molecular complexity index is 602. The smallest absolute Gasteiger partial charge is 0.250 e. The second-order valence-corrected chi connectivity index (χ2v) is 4.01. The number of pyridine rings is 1. The van der Waals surface area contributed by atoms with Crippen LogP contribution >= 0.6 is 0 Å². The van der Waals surface area contributed by atoms with Crippen molar-refractivity contribution in [3.8, 4) is 0 Å². The molecule has 0 aliphatic rings. The number of halogens is 1. The molecule has 0 saturated heterocycles. The van der Waals surface area contributed by atoms with Gasteiger partial charge in [-0.05, 0) is 23.8 Å². The van der Waals surface area contributed by atoms with Crippen molar-refractivity contribution in [2.75, 3.05) is 0 Å². The lowest BCUT2D eigenvalue weighted by Gasteiger charge is -2.04. The van der Waals surface area contributed by atoms with Crippen LogP contribution in [0.25, 0.3) is 0 Å². The summed E-state index contributed by atoms with van der Waals surface area (Å²) in [5.74, 6) is -0.416. The lowest BCUT2D eigenvalue weighted by Crippen LogP contribution is -2.23. The second-order valence-electron chi connectivity index (χ2n) is 4.01. The fourth-order valence-corrected chi connectivity index (χ4v) is 1.67. The maximum Gasteiger partial charge on any atom is 0.250 e. The number of Topliss-reactive ketones (excluding diaryl/α,β-unsaturated/α-hetero) is 1. The van der Waals surface area contributed by atoms with Gasteiger partial charge < -0.3 is 4.57 Å². The molecule has 0 N–H and O–H groups in total. The third kappa shape index (κ3) is 3.13.